The molecule has 0 saturated carbocycles. The zero-order chi connectivity index (χ0) is 22.5. The van der Waals surface area contributed by atoms with E-state index in [4.69, 9.17) is 28.9 Å². The first-order chi connectivity index (χ1) is 14.0. The predicted molar refractivity (Wildman–Crippen MR) is 118 cm³/mol. The number of hydrogen-bond donors (Lipinski definition) is 3. The summed E-state index contributed by atoms with van der Waals surface area (Å²) in [5, 5.41) is 9.88. The fourth-order valence-electron chi connectivity index (χ4n) is 3.49. The highest BCUT2D eigenvalue weighted by Gasteiger charge is 2.31. The van der Waals surface area contributed by atoms with Crippen LogP contribution < -0.4 is 10.5 Å². The number of rotatable bonds is 9. The summed E-state index contributed by atoms with van der Waals surface area (Å²) in [5.74, 6) is 0.0487. The molecular weight excluding hydrogens is 451 g/mol. The summed E-state index contributed by atoms with van der Waals surface area (Å²) < 4.78 is 27.5. The van der Waals surface area contributed by atoms with Crippen molar-refractivity contribution in [2.24, 2.45) is 11.7 Å². The zero-order valence-corrected chi connectivity index (χ0v) is 19.6. The Morgan fingerprint density at radius 1 is 1.23 bits per heavy atom. The van der Waals surface area contributed by atoms with Crippen LogP contribution in [0.2, 0.25) is 10.0 Å². The van der Waals surface area contributed by atoms with Crippen LogP contribution in [-0.2, 0) is 14.8 Å². The maximum absolute atomic E-state index is 12.8. The lowest BCUT2D eigenvalue weighted by atomic mass is 10.0. The predicted octanol–water partition coefficient (Wildman–Crippen LogP) is 1.15. The molecule has 170 valence electrons. The Balaban J connectivity index is 1.97. The number of nitrogens with one attached hydrogen (secondary N) is 1. The van der Waals surface area contributed by atoms with Gasteiger partial charge in [0.25, 0.3) is 0 Å². The van der Waals surface area contributed by atoms with Crippen LogP contribution in [0.1, 0.15) is 20.3 Å². The molecule has 4 N–H and O–H groups in total. The second-order valence-electron chi connectivity index (χ2n) is 7.95. The molecule has 0 spiro atoms. The van der Waals surface area contributed by atoms with Crippen molar-refractivity contribution in [1.29, 1.82) is 0 Å². The van der Waals surface area contributed by atoms with Gasteiger partial charge in [-0.3, -0.25) is 9.69 Å². The third-order valence-corrected chi connectivity index (χ3v) is 7.10. The van der Waals surface area contributed by atoms with Gasteiger partial charge in [-0.25, -0.2) is 8.42 Å². The molecule has 2 atom stereocenters. The molecule has 1 unspecified atom stereocenters. The molecule has 0 aromatic heterocycles. The van der Waals surface area contributed by atoms with Crippen LogP contribution >= 0.6 is 23.2 Å². The van der Waals surface area contributed by atoms with E-state index in [0.717, 1.165) is 13.0 Å². The lowest BCUT2D eigenvalue weighted by Crippen LogP contribution is -2.57. The number of nitrogens with two attached hydrogens (primary N) is 1. The summed E-state index contributed by atoms with van der Waals surface area (Å²) in [6, 6.07) is 2.73. The highest BCUT2D eigenvalue weighted by atomic mass is 35.5. The van der Waals surface area contributed by atoms with Crippen LogP contribution in [0.5, 0.6) is 0 Å². The Kier molecular flexibility index (Phi) is 9.35. The largest absolute Gasteiger partial charge is 0.394 e. The number of piperazine rings is 1. The summed E-state index contributed by atoms with van der Waals surface area (Å²) in [4.78, 5) is 16.3. The first-order valence-corrected chi connectivity index (χ1v) is 12.1. The molecule has 0 radical (unpaired) electrons. The second-order valence-corrected chi connectivity index (χ2v) is 10.5. The molecule has 1 heterocycles. The van der Waals surface area contributed by atoms with Crippen LogP contribution in [0.3, 0.4) is 0 Å². The van der Waals surface area contributed by atoms with Gasteiger partial charge in [0, 0.05) is 43.8 Å². The Hall–Kier alpha value is -0.940. The van der Waals surface area contributed by atoms with Gasteiger partial charge in [0.05, 0.1) is 11.6 Å². The van der Waals surface area contributed by atoms with Gasteiger partial charge in [0.2, 0.25) is 15.9 Å². The van der Waals surface area contributed by atoms with E-state index in [0.29, 0.717) is 37.1 Å². The first-order valence-electron chi connectivity index (χ1n) is 9.88. The van der Waals surface area contributed by atoms with Crippen LogP contribution in [0, 0.1) is 5.92 Å². The summed E-state index contributed by atoms with van der Waals surface area (Å²) >= 11 is 11.8. The van der Waals surface area contributed by atoms with Crippen molar-refractivity contribution in [2.75, 3.05) is 39.3 Å². The monoisotopic (exact) mass is 480 g/mol. The number of amides is 1. The third kappa shape index (κ3) is 7.05. The molecule has 11 heteroatoms. The van der Waals surface area contributed by atoms with E-state index in [2.05, 4.69) is 23.5 Å². The molecule has 1 aliphatic heterocycles. The lowest BCUT2D eigenvalue weighted by molar-refractivity contribution is -0.135. The van der Waals surface area contributed by atoms with Crippen molar-refractivity contribution in [3.63, 3.8) is 0 Å². The molecule has 30 heavy (non-hydrogen) atoms. The van der Waals surface area contributed by atoms with Crippen LogP contribution in [0.25, 0.3) is 0 Å². The van der Waals surface area contributed by atoms with Crippen LogP contribution in [-0.4, -0.2) is 80.6 Å². The maximum Gasteiger partial charge on any atom is 0.243 e. The number of hydrogen-bond acceptors (Lipinski definition) is 6. The number of carbonyl (C=O) groups excluding carboxylic acids is 1. The minimum Gasteiger partial charge on any atom is -0.394 e. The van der Waals surface area contributed by atoms with Crippen molar-refractivity contribution in [2.45, 2.75) is 37.2 Å². The highest BCUT2D eigenvalue weighted by molar-refractivity contribution is 7.89. The molecule has 1 aliphatic rings. The molecular formula is C19H30Cl2N4O4S. The van der Waals surface area contributed by atoms with E-state index < -0.39 is 28.6 Å². The average molecular weight is 481 g/mol. The van der Waals surface area contributed by atoms with Crippen molar-refractivity contribution in [1.82, 2.24) is 14.5 Å². The quantitative estimate of drug-likeness (QED) is 0.488. The van der Waals surface area contributed by atoms with E-state index in [1.54, 1.807) is 4.90 Å². The standard InChI is InChI=1S/C19H30Cl2N4O4S/c1-13(2)9-15(22)11-24-5-7-25(8-6-24)19(27)17(12-26)23-30(28,29)18-4-3-14(20)10-16(18)21/h3-4,10,13,15,17,23,26H,5-9,11-12,22H2,1-2H3/t15?,17-/m0/s1. The van der Waals surface area contributed by atoms with Gasteiger partial charge in [-0.2, -0.15) is 4.72 Å². The Bertz CT molecular complexity index is 830. The van der Waals surface area contributed by atoms with Crippen molar-refractivity contribution in [3.05, 3.63) is 28.2 Å². The number of benzene rings is 1. The summed E-state index contributed by atoms with van der Waals surface area (Å²) in [6.45, 7) is 6.51. The summed E-state index contributed by atoms with van der Waals surface area (Å²) in [6.07, 6.45) is 0.931. The molecule has 1 aromatic rings. The normalized spacial score (nSPS) is 17.9. The number of sulfonamides is 1. The van der Waals surface area contributed by atoms with Crippen LogP contribution in [0.15, 0.2) is 23.1 Å². The lowest BCUT2D eigenvalue weighted by Gasteiger charge is -2.37. The van der Waals surface area contributed by atoms with Crippen molar-refractivity contribution >= 4 is 39.1 Å². The minimum absolute atomic E-state index is 0.0644. The first kappa shape index (κ1) is 25.3. The van der Waals surface area contributed by atoms with Gasteiger partial charge in [-0.1, -0.05) is 37.0 Å². The zero-order valence-electron chi connectivity index (χ0n) is 17.2. The number of aliphatic hydroxyl groups is 1. The van der Waals surface area contributed by atoms with Gasteiger partial charge in [0.15, 0.2) is 0 Å². The van der Waals surface area contributed by atoms with E-state index >= 15 is 0 Å². The molecule has 0 bridgehead atoms. The topological polar surface area (TPSA) is 116 Å². The number of nitrogens with zero attached hydrogens (tertiary/aromatic N) is 2. The third-order valence-electron chi connectivity index (χ3n) is 4.91. The fourth-order valence-corrected chi connectivity index (χ4v) is 5.45. The van der Waals surface area contributed by atoms with Gasteiger partial charge >= 0.3 is 0 Å². The van der Waals surface area contributed by atoms with E-state index in [1.807, 2.05) is 0 Å². The van der Waals surface area contributed by atoms with Crippen molar-refractivity contribution in [3.8, 4) is 0 Å². The molecule has 1 saturated heterocycles. The molecule has 1 aromatic carbocycles. The maximum atomic E-state index is 12.8. The number of aliphatic hydroxyl groups excluding tert-OH is 1. The number of halogens is 2. The Labute approximate surface area is 188 Å². The van der Waals surface area contributed by atoms with E-state index in [-0.39, 0.29) is 16.0 Å². The molecule has 1 amide bonds. The van der Waals surface area contributed by atoms with Gasteiger partial charge in [-0.05, 0) is 30.5 Å². The molecule has 8 nitrogen and oxygen atoms in total. The fraction of sp³-hybridized carbons (Fsp3) is 0.632. The SMILES string of the molecule is CC(C)CC(N)CN1CCN(C(=O)[C@H](CO)NS(=O)(=O)c2ccc(Cl)cc2Cl)CC1. The van der Waals surface area contributed by atoms with E-state index in [9.17, 15) is 18.3 Å². The van der Waals surface area contributed by atoms with Gasteiger partial charge in [-0.15, -0.1) is 0 Å². The summed E-state index contributed by atoms with van der Waals surface area (Å²) in [5.41, 5.74) is 6.16. The molecule has 2 rings (SSSR count). The average Bonchev–Trinajstić information content (AvgIpc) is 2.65. The van der Waals surface area contributed by atoms with Crippen LogP contribution in [0.4, 0.5) is 0 Å². The smallest absolute Gasteiger partial charge is 0.243 e. The van der Waals surface area contributed by atoms with E-state index in [1.165, 1.54) is 18.2 Å². The Morgan fingerprint density at radius 2 is 1.87 bits per heavy atom. The molecule has 0 aliphatic carbocycles. The van der Waals surface area contributed by atoms with Gasteiger partial charge in [0.1, 0.15) is 10.9 Å². The Morgan fingerprint density at radius 3 is 2.40 bits per heavy atom. The van der Waals surface area contributed by atoms with Gasteiger partial charge < -0.3 is 15.7 Å². The van der Waals surface area contributed by atoms with Crippen molar-refractivity contribution < 1.29 is 18.3 Å². The molecule has 1 fully saturated rings. The highest BCUT2D eigenvalue weighted by Crippen LogP contribution is 2.25. The minimum atomic E-state index is -4.12. The second kappa shape index (κ2) is 11.1. The summed E-state index contributed by atoms with van der Waals surface area (Å²) in [7, 11) is -4.12. The number of carbonyl (C=O) groups is 1.